The van der Waals surface area contributed by atoms with Gasteiger partial charge in [0, 0.05) is 29.5 Å². The largest absolute Gasteiger partial charge is 0.478 e. The second-order valence-electron chi connectivity index (χ2n) is 4.32. The predicted molar refractivity (Wildman–Crippen MR) is 62.8 cm³/mol. The molecule has 2 heterocycles. The number of carboxylic acid groups (broad SMARTS) is 1. The fourth-order valence-corrected chi connectivity index (χ4v) is 2.15. The summed E-state index contributed by atoms with van der Waals surface area (Å²) in [4.78, 5) is 26.9. The van der Waals surface area contributed by atoms with Gasteiger partial charge < -0.3 is 5.11 Å². The number of nitrogens with zero attached hydrogens (tertiary/aromatic N) is 2. The minimum atomic E-state index is -1.00. The van der Waals surface area contributed by atoms with Gasteiger partial charge in [0.2, 0.25) is 0 Å². The maximum Gasteiger partial charge on any atom is 0.328 e. The first-order valence-electron chi connectivity index (χ1n) is 5.53. The third-order valence-electron chi connectivity index (χ3n) is 2.94. The topological polar surface area (TPSA) is 72.2 Å². The van der Waals surface area contributed by atoms with Gasteiger partial charge in [-0.15, -0.1) is 0 Å². The van der Waals surface area contributed by atoms with E-state index in [2.05, 4.69) is 4.98 Å². The van der Waals surface area contributed by atoms with Crippen molar-refractivity contribution in [3.63, 3.8) is 0 Å². The van der Waals surface area contributed by atoms with Crippen molar-refractivity contribution in [2.75, 3.05) is 0 Å². The van der Waals surface area contributed by atoms with Crippen LogP contribution in [0.4, 0.5) is 0 Å². The van der Waals surface area contributed by atoms with Crippen LogP contribution in [0.15, 0.2) is 16.9 Å². The summed E-state index contributed by atoms with van der Waals surface area (Å²) in [7, 11) is 0. The van der Waals surface area contributed by atoms with E-state index in [1.807, 2.05) is 6.92 Å². The Morgan fingerprint density at radius 3 is 3.00 bits per heavy atom. The molecule has 1 aliphatic heterocycles. The van der Waals surface area contributed by atoms with E-state index in [1.165, 1.54) is 6.07 Å². The SMILES string of the molecule is Cc1cc(=O)n2c(n1)/C(=C/C(=O)O)CCC2C. The first-order chi connectivity index (χ1) is 7.99. The minimum Gasteiger partial charge on any atom is -0.478 e. The third-order valence-corrected chi connectivity index (χ3v) is 2.94. The molecule has 1 aliphatic rings. The van der Waals surface area contributed by atoms with Crippen LogP contribution in [0, 0.1) is 6.92 Å². The summed E-state index contributed by atoms with van der Waals surface area (Å²) in [6.45, 7) is 3.68. The molecule has 2 rings (SSSR count). The normalized spacial score (nSPS) is 21.3. The molecule has 1 aromatic rings. The Hall–Kier alpha value is -1.91. The molecular weight excluding hydrogens is 220 g/mol. The molecule has 1 atom stereocenters. The van der Waals surface area contributed by atoms with E-state index in [1.54, 1.807) is 11.5 Å². The Balaban J connectivity index is 2.67. The van der Waals surface area contributed by atoms with Gasteiger partial charge in [0.15, 0.2) is 0 Å². The number of fused-ring (bicyclic) bond motifs is 1. The lowest BCUT2D eigenvalue weighted by atomic mass is 9.99. The van der Waals surface area contributed by atoms with Gasteiger partial charge in [-0.05, 0) is 26.7 Å². The van der Waals surface area contributed by atoms with Gasteiger partial charge in [0.1, 0.15) is 5.82 Å². The Labute approximate surface area is 98.4 Å². The van der Waals surface area contributed by atoms with Gasteiger partial charge in [-0.2, -0.15) is 0 Å². The van der Waals surface area contributed by atoms with E-state index in [9.17, 15) is 9.59 Å². The van der Waals surface area contributed by atoms with Crippen molar-refractivity contribution in [1.82, 2.24) is 9.55 Å². The lowest BCUT2D eigenvalue weighted by Crippen LogP contribution is -2.30. The highest BCUT2D eigenvalue weighted by atomic mass is 16.4. The second-order valence-corrected chi connectivity index (χ2v) is 4.32. The monoisotopic (exact) mass is 234 g/mol. The second kappa shape index (κ2) is 4.16. The van der Waals surface area contributed by atoms with Crippen LogP contribution >= 0.6 is 0 Å². The quantitative estimate of drug-likeness (QED) is 0.745. The van der Waals surface area contributed by atoms with Crippen molar-refractivity contribution in [3.05, 3.63) is 34.0 Å². The molecule has 1 aromatic heterocycles. The van der Waals surface area contributed by atoms with Crippen molar-refractivity contribution >= 4 is 11.5 Å². The molecule has 0 bridgehead atoms. The third kappa shape index (κ3) is 2.13. The fourth-order valence-electron chi connectivity index (χ4n) is 2.15. The van der Waals surface area contributed by atoms with Gasteiger partial charge in [-0.3, -0.25) is 9.36 Å². The summed E-state index contributed by atoms with van der Waals surface area (Å²) in [5.41, 5.74) is 1.12. The van der Waals surface area contributed by atoms with Gasteiger partial charge in [0.25, 0.3) is 5.56 Å². The summed E-state index contributed by atoms with van der Waals surface area (Å²) in [5.74, 6) is -0.506. The number of aliphatic carboxylic acids is 1. The predicted octanol–water partition coefficient (Wildman–Crippen LogP) is 1.37. The average Bonchev–Trinajstić information content (AvgIpc) is 2.20. The van der Waals surface area contributed by atoms with Crippen LogP contribution < -0.4 is 5.56 Å². The first kappa shape index (κ1) is 11.6. The molecule has 0 saturated carbocycles. The van der Waals surface area contributed by atoms with Crippen LogP contribution in [-0.4, -0.2) is 20.6 Å². The van der Waals surface area contributed by atoms with Gasteiger partial charge in [-0.25, -0.2) is 9.78 Å². The zero-order valence-corrected chi connectivity index (χ0v) is 9.80. The minimum absolute atomic E-state index is 0.0662. The number of allylic oxidation sites excluding steroid dienone is 1. The highest BCUT2D eigenvalue weighted by Gasteiger charge is 2.22. The summed E-state index contributed by atoms with van der Waals surface area (Å²) < 4.78 is 1.57. The van der Waals surface area contributed by atoms with E-state index in [-0.39, 0.29) is 11.6 Å². The maximum atomic E-state index is 11.9. The van der Waals surface area contributed by atoms with Crippen LogP contribution in [0.3, 0.4) is 0 Å². The Morgan fingerprint density at radius 2 is 2.35 bits per heavy atom. The Kier molecular flexibility index (Phi) is 2.83. The van der Waals surface area contributed by atoms with E-state index < -0.39 is 5.97 Å². The summed E-state index contributed by atoms with van der Waals surface area (Å²) in [6.07, 6.45) is 2.55. The molecule has 90 valence electrons. The smallest absolute Gasteiger partial charge is 0.328 e. The molecule has 0 amide bonds. The molecule has 0 saturated heterocycles. The number of aryl methyl sites for hydroxylation is 1. The molecule has 17 heavy (non-hydrogen) atoms. The molecule has 0 aromatic carbocycles. The Bertz CT molecular complexity index is 557. The van der Waals surface area contributed by atoms with Gasteiger partial charge in [-0.1, -0.05) is 0 Å². The number of hydrogen-bond acceptors (Lipinski definition) is 3. The van der Waals surface area contributed by atoms with Crippen LogP contribution in [0.25, 0.3) is 5.57 Å². The van der Waals surface area contributed by atoms with Crippen molar-refractivity contribution in [1.29, 1.82) is 0 Å². The molecule has 0 radical (unpaired) electrons. The number of rotatable bonds is 1. The zero-order valence-electron chi connectivity index (χ0n) is 9.80. The van der Waals surface area contributed by atoms with Crippen molar-refractivity contribution in [2.24, 2.45) is 0 Å². The number of carboxylic acids is 1. The molecular formula is C12H14N2O3. The summed E-state index contributed by atoms with van der Waals surface area (Å²) in [6, 6.07) is 1.54. The maximum absolute atomic E-state index is 11.9. The molecule has 0 fully saturated rings. The van der Waals surface area contributed by atoms with E-state index in [4.69, 9.17) is 5.11 Å². The lowest BCUT2D eigenvalue weighted by Gasteiger charge is -2.25. The van der Waals surface area contributed by atoms with Crippen LogP contribution in [0.1, 0.15) is 37.3 Å². The number of hydrogen-bond donors (Lipinski definition) is 1. The van der Waals surface area contributed by atoms with E-state index in [0.717, 1.165) is 12.5 Å². The highest BCUT2D eigenvalue weighted by Crippen LogP contribution is 2.29. The molecule has 0 aliphatic carbocycles. The average molecular weight is 234 g/mol. The summed E-state index contributed by atoms with van der Waals surface area (Å²) >= 11 is 0. The zero-order chi connectivity index (χ0) is 12.6. The van der Waals surface area contributed by atoms with Crippen LogP contribution in [0.5, 0.6) is 0 Å². The van der Waals surface area contributed by atoms with Crippen LogP contribution in [0.2, 0.25) is 0 Å². The van der Waals surface area contributed by atoms with Gasteiger partial charge in [0.05, 0.1) is 0 Å². The summed E-state index contributed by atoms with van der Waals surface area (Å²) in [5, 5.41) is 8.80. The van der Waals surface area contributed by atoms with Crippen LogP contribution in [-0.2, 0) is 4.79 Å². The standard InChI is InChI=1S/C12H14N2O3/c1-7-5-10(15)14-8(2)3-4-9(6-11(16)17)12(14)13-7/h5-6,8H,3-4H2,1-2H3,(H,16,17)/b9-6+. The molecule has 1 unspecified atom stereocenters. The molecule has 5 nitrogen and oxygen atoms in total. The van der Waals surface area contributed by atoms with Crippen molar-refractivity contribution in [2.45, 2.75) is 32.7 Å². The fraction of sp³-hybridized carbons (Fsp3) is 0.417. The Morgan fingerprint density at radius 1 is 1.65 bits per heavy atom. The lowest BCUT2D eigenvalue weighted by molar-refractivity contribution is -0.131. The number of aromatic nitrogens is 2. The highest BCUT2D eigenvalue weighted by molar-refractivity contribution is 5.89. The van der Waals surface area contributed by atoms with Gasteiger partial charge >= 0.3 is 5.97 Å². The molecule has 0 spiro atoms. The van der Waals surface area contributed by atoms with Crippen molar-refractivity contribution in [3.8, 4) is 0 Å². The number of carbonyl (C=O) groups is 1. The first-order valence-corrected chi connectivity index (χ1v) is 5.53. The molecule has 5 heteroatoms. The van der Waals surface area contributed by atoms with E-state index in [0.29, 0.717) is 23.5 Å². The molecule has 1 N–H and O–H groups in total. The van der Waals surface area contributed by atoms with E-state index >= 15 is 0 Å². The van der Waals surface area contributed by atoms with Crippen molar-refractivity contribution < 1.29 is 9.90 Å².